The number of anilines is 1. The minimum Gasteiger partial charge on any atom is -0.484 e. The SMILES string of the molecule is O=C(COc1ccc(C(=O)c2ccc(F)cc2)cc1)Nc1c(F)cc(F)cc1Br. The molecule has 0 unspecified atom stereocenters. The van der Waals surface area contributed by atoms with E-state index in [0.717, 1.165) is 6.07 Å². The fraction of sp³-hybridized carbons (Fsp3) is 0.0476. The van der Waals surface area contributed by atoms with E-state index in [4.69, 9.17) is 4.74 Å². The third kappa shape index (κ3) is 5.23. The van der Waals surface area contributed by atoms with Crippen molar-refractivity contribution in [3.8, 4) is 5.75 Å². The van der Waals surface area contributed by atoms with E-state index in [1.165, 1.54) is 48.5 Å². The highest BCUT2D eigenvalue weighted by Crippen LogP contribution is 2.26. The summed E-state index contributed by atoms with van der Waals surface area (Å²) in [6, 6.07) is 12.9. The minimum atomic E-state index is -0.922. The topological polar surface area (TPSA) is 55.4 Å². The van der Waals surface area contributed by atoms with Crippen LogP contribution in [0.15, 0.2) is 65.1 Å². The molecule has 8 heteroatoms. The molecule has 1 amide bonds. The minimum absolute atomic E-state index is 0.0620. The fourth-order valence-electron chi connectivity index (χ4n) is 2.46. The van der Waals surface area contributed by atoms with Crippen molar-refractivity contribution < 1.29 is 27.5 Å². The lowest BCUT2D eigenvalue weighted by molar-refractivity contribution is -0.118. The maximum atomic E-state index is 13.7. The van der Waals surface area contributed by atoms with Crippen molar-refractivity contribution in [1.82, 2.24) is 0 Å². The van der Waals surface area contributed by atoms with E-state index in [-0.39, 0.29) is 15.9 Å². The Morgan fingerprint density at radius 3 is 2.03 bits per heavy atom. The van der Waals surface area contributed by atoms with Gasteiger partial charge in [-0.2, -0.15) is 0 Å². The van der Waals surface area contributed by atoms with Gasteiger partial charge in [-0.1, -0.05) is 0 Å². The second kappa shape index (κ2) is 8.91. The molecule has 0 fully saturated rings. The van der Waals surface area contributed by atoms with Gasteiger partial charge in [0, 0.05) is 21.7 Å². The van der Waals surface area contributed by atoms with Crippen LogP contribution >= 0.6 is 15.9 Å². The number of ether oxygens (including phenoxy) is 1. The average molecular weight is 464 g/mol. The van der Waals surface area contributed by atoms with Gasteiger partial charge in [0.15, 0.2) is 18.2 Å². The molecule has 4 nitrogen and oxygen atoms in total. The Morgan fingerprint density at radius 1 is 0.862 bits per heavy atom. The Kier molecular flexibility index (Phi) is 6.33. The molecule has 0 bridgehead atoms. The maximum Gasteiger partial charge on any atom is 0.262 e. The fourth-order valence-corrected chi connectivity index (χ4v) is 2.96. The van der Waals surface area contributed by atoms with E-state index in [2.05, 4.69) is 21.2 Å². The van der Waals surface area contributed by atoms with Crippen molar-refractivity contribution in [1.29, 1.82) is 0 Å². The van der Waals surface area contributed by atoms with Gasteiger partial charge in [-0.3, -0.25) is 9.59 Å². The zero-order valence-corrected chi connectivity index (χ0v) is 16.3. The van der Waals surface area contributed by atoms with Crippen LogP contribution < -0.4 is 10.1 Å². The number of hydrogen-bond acceptors (Lipinski definition) is 3. The Balaban J connectivity index is 1.59. The van der Waals surface area contributed by atoms with Crippen LogP contribution in [0, 0.1) is 17.5 Å². The van der Waals surface area contributed by atoms with E-state index in [9.17, 15) is 22.8 Å². The van der Waals surface area contributed by atoms with E-state index < -0.39 is 30.0 Å². The quantitative estimate of drug-likeness (QED) is 0.516. The molecule has 3 aromatic rings. The predicted octanol–water partition coefficient (Wildman–Crippen LogP) is 5.11. The molecule has 0 aliphatic rings. The molecule has 0 aromatic heterocycles. The molecule has 3 aromatic carbocycles. The van der Waals surface area contributed by atoms with Gasteiger partial charge in [-0.25, -0.2) is 13.2 Å². The molecule has 1 N–H and O–H groups in total. The summed E-state index contributed by atoms with van der Waals surface area (Å²) in [6.45, 7) is -0.422. The number of carbonyl (C=O) groups excluding carboxylic acids is 2. The summed E-state index contributed by atoms with van der Waals surface area (Å²) in [5, 5.41) is 2.29. The second-order valence-electron chi connectivity index (χ2n) is 5.94. The number of carbonyl (C=O) groups is 2. The van der Waals surface area contributed by atoms with Crippen LogP contribution in [0.3, 0.4) is 0 Å². The molecule has 0 aliphatic carbocycles. The summed E-state index contributed by atoms with van der Waals surface area (Å²) >= 11 is 2.98. The molecule has 0 atom stereocenters. The van der Waals surface area contributed by atoms with Crippen LogP contribution in [0.4, 0.5) is 18.9 Å². The summed E-state index contributed by atoms with van der Waals surface area (Å²) in [7, 11) is 0. The van der Waals surface area contributed by atoms with Gasteiger partial charge in [0.2, 0.25) is 0 Å². The molecule has 0 spiro atoms. The lowest BCUT2D eigenvalue weighted by atomic mass is 10.0. The number of ketones is 1. The van der Waals surface area contributed by atoms with Crippen LogP contribution in [0.5, 0.6) is 5.75 Å². The van der Waals surface area contributed by atoms with E-state index in [0.29, 0.717) is 22.9 Å². The molecule has 3 rings (SSSR count). The van der Waals surface area contributed by atoms with Gasteiger partial charge < -0.3 is 10.1 Å². The number of rotatable bonds is 6. The Hall–Kier alpha value is -3.13. The third-order valence-electron chi connectivity index (χ3n) is 3.86. The predicted molar refractivity (Wildman–Crippen MR) is 104 cm³/mol. The van der Waals surface area contributed by atoms with E-state index >= 15 is 0 Å². The van der Waals surface area contributed by atoms with Gasteiger partial charge in [-0.15, -0.1) is 0 Å². The Labute approximate surface area is 172 Å². The summed E-state index contributed by atoms with van der Waals surface area (Å²) < 4.78 is 45.2. The number of hydrogen-bond donors (Lipinski definition) is 1. The van der Waals surface area contributed by atoms with Crippen molar-refractivity contribution in [2.45, 2.75) is 0 Å². The van der Waals surface area contributed by atoms with Gasteiger partial charge in [0.05, 0.1) is 5.69 Å². The molecular formula is C21H13BrF3NO3. The molecule has 0 saturated heterocycles. The smallest absolute Gasteiger partial charge is 0.262 e. The molecule has 148 valence electrons. The zero-order chi connectivity index (χ0) is 21.0. The standard InChI is InChI=1S/C21H13BrF3NO3/c22-17-9-15(24)10-18(25)20(17)26-19(27)11-29-16-7-3-13(4-8-16)21(28)12-1-5-14(23)6-2-12/h1-10H,11H2,(H,26,27). The van der Waals surface area contributed by atoms with Crippen molar-refractivity contribution in [2.75, 3.05) is 11.9 Å². The van der Waals surface area contributed by atoms with Gasteiger partial charge >= 0.3 is 0 Å². The van der Waals surface area contributed by atoms with E-state index in [1.807, 2.05) is 0 Å². The lowest BCUT2D eigenvalue weighted by Crippen LogP contribution is -2.21. The maximum absolute atomic E-state index is 13.7. The molecule has 0 radical (unpaired) electrons. The second-order valence-corrected chi connectivity index (χ2v) is 6.80. The Bertz CT molecular complexity index is 1030. The normalized spacial score (nSPS) is 10.5. The van der Waals surface area contributed by atoms with Crippen LogP contribution in [0.2, 0.25) is 0 Å². The van der Waals surface area contributed by atoms with Crippen molar-refractivity contribution in [2.24, 2.45) is 0 Å². The van der Waals surface area contributed by atoms with Crippen LogP contribution in [0.1, 0.15) is 15.9 Å². The first-order valence-electron chi connectivity index (χ1n) is 8.31. The molecular weight excluding hydrogens is 451 g/mol. The largest absolute Gasteiger partial charge is 0.484 e. The third-order valence-corrected chi connectivity index (χ3v) is 4.49. The highest BCUT2D eigenvalue weighted by molar-refractivity contribution is 9.10. The van der Waals surface area contributed by atoms with Gasteiger partial charge in [0.1, 0.15) is 17.4 Å². The van der Waals surface area contributed by atoms with Crippen molar-refractivity contribution in [3.05, 3.63) is 93.7 Å². The van der Waals surface area contributed by atoms with Gasteiger partial charge in [-0.05, 0) is 70.5 Å². The van der Waals surface area contributed by atoms with Crippen LogP contribution in [0.25, 0.3) is 0 Å². The monoisotopic (exact) mass is 463 g/mol. The molecule has 29 heavy (non-hydrogen) atoms. The first-order chi connectivity index (χ1) is 13.8. The van der Waals surface area contributed by atoms with Crippen LogP contribution in [-0.4, -0.2) is 18.3 Å². The number of halogens is 4. The Morgan fingerprint density at radius 2 is 1.45 bits per heavy atom. The first kappa shape index (κ1) is 20.6. The molecule has 0 saturated carbocycles. The first-order valence-corrected chi connectivity index (χ1v) is 9.10. The highest BCUT2D eigenvalue weighted by Gasteiger charge is 2.14. The average Bonchev–Trinajstić information content (AvgIpc) is 2.69. The number of nitrogens with one attached hydrogen (secondary N) is 1. The van der Waals surface area contributed by atoms with Gasteiger partial charge in [0.25, 0.3) is 5.91 Å². The van der Waals surface area contributed by atoms with Crippen molar-refractivity contribution >= 4 is 33.3 Å². The lowest BCUT2D eigenvalue weighted by Gasteiger charge is -2.10. The summed E-state index contributed by atoms with van der Waals surface area (Å²) in [6.07, 6.45) is 0. The summed E-state index contributed by atoms with van der Waals surface area (Å²) in [5.74, 6) is -2.76. The van der Waals surface area contributed by atoms with Crippen LogP contribution in [-0.2, 0) is 4.79 Å². The highest BCUT2D eigenvalue weighted by atomic mass is 79.9. The van der Waals surface area contributed by atoms with Crippen molar-refractivity contribution in [3.63, 3.8) is 0 Å². The molecule has 0 aliphatic heterocycles. The molecule has 0 heterocycles. The summed E-state index contributed by atoms with van der Waals surface area (Å²) in [5.41, 5.74) is 0.511. The number of benzene rings is 3. The van der Waals surface area contributed by atoms with E-state index in [1.54, 1.807) is 0 Å². The summed E-state index contributed by atoms with van der Waals surface area (Å²) in [4.78, 5) is 24.3. The zero-order valence-electron chi connectivity index (χ0n) is 14.7. The number of amides is 1.